The molecule has 1 amide bonds. The first-order valence-electron chi connectivity index (χ1n) is 12.9. The smallest absolute Gasteiger partial charge is 0.268 e. The molecule has 3 heterocycles. The Morgan fingerprint density at radius 2 is 1.80 bits per heavy atom. The van der Waals surface area contributed by atoms with Crippen LogP contribution in [0.4, 0.5) is 10.2 Å². The number of aromatic nitrogens is 3. The molecular formula is C31H23FN4O5. The number of pyridine rings is 3. The SMILES string of the molecule is COc1ccc2nccc(Oc3ccc(NC(=O)c4cc5c(n(-c6ccccc6F)c4=O)CCCC5=O)nc3)c2c1. The molecule has 0 spiro atoms. The quantitative estimate of drug-likeness (QED) is 0.297. The van der Waals surface area contributed by atoms with E-state index < -0.39 is 17.3 Å². The van der Waals surface area contributed by atoms with Gasteiger partial charge in [0, 0.05) is 29.3 Å². The highest BCUT2D eigenvalue weighted by molar-refractivity contribution is 6.06. The number of anilines is 1. The van der Waals surface area contributed by atoms with Gasteiger partial charge in [-0.05, 0) is 67.4 Å². The lowest BCUT2D eigenvalue weighted by Crippen LogP contribution is -2.34. The molecule has 204 valence electrons. The van der Waals surface area contributed by atoms with Crippen molar-refractivity contribution >= 4 is 28.4 Å². The molecular weight excluding hydrogens is 527 g/mol. The first-order chi connectivity index (χ1) is 19.9. The summed E-state index contributed by atoms with van der Waals surface area (Å²) in [6, 6.07) is 17.4. The topological polar surface area (TPSA) is 112 Å². The van der Waals surface area contributed by atoms with E-state index in [1.165, 1.54) is 36.5 Å². The summed E-state index contributed by atoms with van der Waals surface area (Å²) in [4.78, 5) is 48.1. The van der Waals surface area contributed by atoms with E-state index in [4.69, 9.17) is 9.47 Å². The third kappa shape index (κ3) is 4.91. The Balaban J connectivity index is 1.29. The summed E-state index contributed by atoms with van der Waals surface area (Å²) in [5.41, 5.74) is 0.335. The summed E-state index contributed by atoms with van der Waals surface area (Å²) in [7, 11) is 1.58. The zero-order valence-corrected chi connectivity index (χ0v) is 21.9. The van der Waals surface area contributed by atoms with Gasteiger partial charge in [0.15, 0.2) is 5.78 Å². The number of carbonyl (C=O) groups is 2. The predicted octanol–water partition coefficient (Wildman–Crippen LogP) is 5.49. The standard InChI is InChI=1S/C31H23FN4O5/c1-40-18-9-11-24-20(15-18)28(13-14-33-24)41-19-10-12-29(34-17-19)35-30(38)22-16-21-25(7-4-8-27(21)37)36(31(22)39)26-6-3-2-5-23(26)32/h2-3,5-6,9-17H,4,7-8H2,1H3,(H,34,35,38). The van der Waals surface area contributed by atoms with Crippen molar-refractivity contribution in [3.63, 3.8) is 0 Å². The van der Waals surface area contributed by atoms with Crippen molar-refractivity contribution in [1.29, 1.82) is 0 Å². The molecule has 3 aromatic heterocycles. The van der Waals surface area contributed by atoms with Gasteiger partial charge in [-0.15, -0.1) is 0 Å². The Kier molecular flexibility index (Phi) is 6.72. The number of para-hydroxylation sites is 1. The molecule has 2 aromatic carbocycles. The lowest BCUT2D eigenvalue weighted by Gasteiger charge is -2.22. The van der Waals surface area contributed by atoms with E-state index in [0.29, 0.717) is 35.8 Å². The second kappa shape index (κ2) is 10.6. The maximum atomic E-state index is 14.7. The van der Waals surface area contributed by atoms with Crippen molar-refractivity contribution in [2.45, 2.75) is 19.3 Å². The largest absolute Gasteiger partial charge is 0.497 e. The van der Waals surface area contributed by atoms with Crippen molar-refractivity contribution in [1.82, 2.24) is 14.5 Å². The second-order valence-corrected chi connectivity index (χ2v) is 9.41. The van der Waals surface area contributed by atoms with Gasteiger partial charge in [0.2, 0.25) is 0 Å². The number of hydrogen-bond donors (Lipinski definition) is 1. The molecule has 41 heavy (non-hydrogen) atoms. The molecule has 5 aromatic rings. The number of Topliss-reactive ketones (excluding diaryl/α,β-unsaturated/α-hetero) is 1. The average molecular weight is 551 g/mol. The third-order valence-electron chi connectivity index (χ3n) is 6.87. The van der Waals surface area contributed by atoms with Crippen LogP contribution < -0.4 is 20.3 Å². The molecule has 0 atom stereocenters. The van der Waals surface area contributed by atoms with Gasteiger partial charge in [0.05, 0.1) is 24.5 Å². The number of nitrogens with zero attached hydrogens (tertiary/aromatic N) is 3. The van der Waals surface area contributed by atoms with Gasteiger partial charge in [-0.3, -0.25) is 23.9 Å². The average Bonchev–Trinajstić information content (AvgIpc) is 2.98. The van der Waals surface area contributed by atoms with Crippen molar-refractivity contribution in [2.24, 2.45) is 0 Å². The van der Waals surface area contributed by atoms with Gasteiger partial charge >= 0.3 is 0 Å². The molecule has 0 saturated heterocycles. The molecule has 0 aliphatic heterocycles. The van der Waals surface area contributed by atoms with E-state index >= 15 is 0 Å². The number of ether oxygens (including phenoxy) is 2. The molecule has 1 aliphatic carbocycles. The number of fused-ring (bicyclic) bond motifs is 2. The van der Waals surface area contributed by atoms with E-state index in [2.05, 4.69) is 15.3 Å². The zero-order valence-electron chi connectivity index (χ0n) is 21.9. The highest BCUT2D eigenvalue weighted by Crippen LogP contribution is 2.31. The zero-order chi connectivity index (χ0) is 28.5. The summed E-state index contributed by atoms with van der Waals surface area (Å²) < 4.78 is 27.2. The normalized spacial score (nSPS) is 12.6. The van der Waals surface area contributed by atoms with Crippen LogP contribution in [0.15, 0.2) is 83.9 Å². The van der Waals surface area contributed by atoms with E-state index in [9.17, 15) is 18.8 Å². The summed E-state index contributed by atoms with van der Waals surface area (Å²) in [5.74, 6) is 0.152. The van der Waals surface area contributed by atoms with Crippen LogP contribution in [-0.2, 0) is 6.42 Å². The second-order valence-electron chi connectivity index (χ2n) is 9.41. The number of hydrogen-bond acceptors (Lipinski definition) is 7. The first-order valence-corrected chi connectivity index (χ1v) is 12.9. The molecule has 1 N–H and O–H groups in total. The van der Waals surface area contributed by atoms with Gasteiger partial charge in [-0.1, -0.05) is 12.1 Å². The van der Waals surface area contributed by atoms with Crippen molar-refractivity contribution in [2.75, 3.05) is 12.4 Å². The third-order valence-corrected chi connectivity index (χ3v) is 6.87. The fourth-order valence-corrected chi connectivity index (χ4v) is 4.88. The Morgan fingerprint density at radius 3 is 2.59 bits per heavy atom. The van der Waals surface area contributed by atoms with Crippen molar-refractivity contribution in [3.8, 4) is 22.9 Å². The van der Waals surface area contributed by atoms with Crippen LogP contribution in [-0.4, -0.2) is 33.3 Å². The Bertz CT molecular complexity index is 1890. The maximum Gasteiger partial charge on any atom is 0.268 e. The Hall–Kier alpha value is -5.38. The maximum absolute atomic E-state index is 14.7. The van der Waals surface area contributed by atoms with E-state index in [0.717, 1.165) is 15.5 Å². The summed E-state index contributed by atoms with van der Waals surface area (Å²) in [6.45, 7) is 0. The van der Waals surface area contributed by atoms with Gasteiger partial charge in [-0.25, -0.2) is 9.37 Å². The van der Waals surface area contributed by atoms with Crippen LogP contribution in [0, 0.1) is 5.82 Å². The summed E-state index contributed by atoms with van der Waals surface area (Å²) in [5, 5.41) is 3.35. The summed E-state index contributed by atoms with van der Waals surface area (Å²) >= 11 is 0. The minimum atomic E-state index is -0.769. The number of ketones is 1. The van der Waals surface area contributed by atoms with E-state index in [1.54, 1.807) is 31.5 Å². The van der Waals surface area contributed by atoms with Crippen LogP contribution in [0.2, 0.25) is 0 Å². The number of carbonyl (C=O) groups excluding carboxylic acids is 2. The lowest BCUT2D eigenvalue weighted by molar-refractivity contribution is 0.0971. The van der Waals surface area contributed by atoms with Crippen LogP contribution in [0.25, 0.3) is 16.6 Å². The predicted molar refractivity (Wildman–Crippen MR) is 150 cm³/mol. The fourth-order valence-electron chi connectivity index (χ4n) is 4.88. The molecule has 0 radical (unpaired) electrons. The molecule has 0 bridgehead atoms. The number of rotatable bonds is 6. The Morgan fingerprint density at radius 1 is 0.976 bits per heavy atom. The van der Waals surface area contributed by atoms with Crippen LogP contribution in [0.1, 0.15) is 39.3 Å². The molecule has 0 saturated carbocycles. The van der Waals surface area contributed by atoms with Crippen LogP contribution in [0.5, 0.6) is 17.2 Å². The molecule has 1 aliphatic rings. The molecule has 9 nitrogen and oxygen atoms in total. The van der Waals surface area contributed by atoms with Crippen molar-refractivity contribution < 1.29 is 23.5 Å². The minimum absolute atomic E-state index is 0.0148. The monoisotopic (exact) mass is 550 g/mol. The molecule has 0 fully saturated rings. The number of halogens is 1. The highest BCUT2D eigenvalue weighted by Gasteiger charge is 2.27. The van der Waals surface area contributed by atoms with Gasteiger partial charge in [-0.2, -0.15) is 0 Å². The number of benzene rings is 2. The lowest BCUT2D eigenvalue weighted by atomic mass is 9.92. The van der Waals surface area contributed by atoms with Gasteiger partial charge in [0.25, 0.3) is 11.5 Å². The van der Waals surface area contributed by atoms with E-state index in [-0.39, 0.29) is 34.8 Å². The highest BCUT2D eigenvalue weighted by atomic mass is 19.1. The molecule has 0 unspecified atom stereocenters. The Labute approximate surface area is 233 Å². The van der Waals surface area contributed by atoms with Crippen LogP contribution in [0.3, 0.4) is 0 Å². The first kappa shape index (κ1) is 25.9. The van der Waals surface area contributed by atoms with Crippen molar-refractivity contribution in [3.05, 3.63) is 112 Å². The fraction of sp³-hybridized carbons (Fsp3) is 0.129. The van der Waals surface area contributed by atoms with E-state index in [1.807, 2.05) is 18.2 Å². The molecule has 10 heteroatoms. The van der Waals surface area contributed by atoms with Crippen LogP contribution >= 0.6 is 0 Å². The number of methoxy groups -OCH3 is 1. The molecule has 6 rings (SSSR count). The van der Waals surface area contributed by atoms with Gasteiger partial charge in [0.1, 0.15) is 34.4 Å². The number of amides is 1. The number of nitrogens with one attached hydrogen (secondary N) is 1. The summed E-state index contributed by atoms with van der Waals surface area (Å²) in [6.07, 6.45) is 4.29. The van der Waals surface area contributed by atoms with Gasteiger partial charge < -0.3 is 14.8 Å². The minimum Gasteiger partial charge on any atom is -0.497 e.